The van der Waals surface area contributed by atoms with Crippen LogP contribution in [0, 0.1) is 5.92 Å². The summed E-state index contributed by atoms with van der Waals surface area (Å²) in [5.74, 6) is 1.19. The summed E-state index contributed by atoms with van der Waals surface area (Å²) < 4.78 is 0. The summed E-state index contributed by atoms with van der Waals surface area (Å²) in [6.45, 7) is 0.256. The summed E-state index contributed by atoms with van der Waals surface area (Å²) in [6, 6.07) is 8.04. The van der Waals surface area contributed by atoms with Gasteiger partial charge in [0.1, 0.15) is 0 Å². The van der Waals surface area contributed by atoms with E-state index in [0.717, 1.165) is 17.4 Å². The first-order valence-electron chi connectivity index (χ1n) is 5.68. The Morgan fingerprint density at radius 1 is 1.33 bits per heavy atom. The zero-order valence-corrected chi connectivity index (χ0v) is 9.58. The molecule has 1 aromatic carbocycles. The molecule has 0 aliphatic heterocycles. The lowest BCUT2D eigenvalue weighted by Crippen LogP contribution is -2.21. The molecule has 1 aromatic rings. The second-order valence-corrected chi connectivity index (χ2v) is 4.74. The van der Waals surface area contributed by atoms with E-state index in [-0.39, 0.29) is 6.61 Å². The van der Waals surface area contributed by atoms with Crippen LogP contribution in [0.15, 0.2) is 24.3 Å². The van der Waals surface area contributed by atoms with E-state index in [1.165, 1.54) is 24.8 Å². The summed E-state index contributed by atoms with van der Waals surface area (Å²) in [6.07, 6.45) is 4.75. The topological polar surface area (TPSA) is 20.2 Å². The molecule has 1 aliphatic carbocycles. The molecule has 1 fully saturated rings. The van der Waals surface area contributed by atoms with Crippen molar-refractivity contribution in [3.63, 3.8) is 0 Å². The predicted molar refractivity (Wildman–Crippen MR) is 63.2 cm³/mol. The largest absolute Gasteiger partial charge is 0.396 e. The molecule has 1 atom stereocenters. The Bertz CT molecular complexity index is 320. The van der Waals surface area contributed by atoms with E-state index in [0.29, 0.717) is 5.92 Å². The van der Waals surface area contributed by atoms with E-state index >= 15 is 0 Å². The SMILES string of the molecule is OCCC(c1ccccc1Cl)C1CCC1. The molecule has 82 valence electrons. The summed E-state index contributed by atoms with van der Waals surface area (Å²) in [5.41, 5.74) is 1.22. The van der Waals surface area contributed by atoms with E-state index in [1.807, 2.05) is 18.2 Å². The van der Waals surface area contributed by atoms with Crippen LogP contribution in [0.5, 0.6) is 0 Å². The Morgan fingerprint density at radius 2 is 2.07 bits per heavy atom. The van der Waals surface area contributed by atoms with E-state index in [4.69, 9.17) is 16.7 Å². The number of hydrogen-bond acceptors (Lipinski definition) is 1. The van der Waals surface area contributed by atoms with Gasteiger partial charge in [-0.3, -0.25) is 0 Å². The monoisotopic (exact) mass is 224 g/mol. The molecule has 0 heterocycles. The van der Waals surface area contributed by atoms with Gasteiger partial charge in [0.2, 0.25) is 0 Å². The zero-order valence-electron chi connectivity index (χ0n) is 8.82. The Balaban J connectivity index is 2.19. The number of aliphatic hydroxyl groups is 1. The zero-order chi connectivity index (χ0) is 10.7. The summed E-state index contributed by atoms with van der Waals surface area (Å²) >= 11 is 6.20. The number of rotatable bonds is 4. The Morgan fingerprint density at radius 3 is 2.60 bits per heavy atom. The van der Waals surface area contributed by atoms with Crippen molar-refractivity contribution >= 4 is 11.6 Å². The smallest absolute Gasteiger partial charge is 0.0440 e. The second-order valence-electron chi connectivity index (χ2n) is 4.33. The number of benzene rings is 1. The molecule has 1 unspecified atom stereocenters. The second kappa shape index (κ2) is 5.00. The van der Waals surface area contributed by atoms with E-state index < -0.39 is 0 Å². The number of halogens is 1. The fourth-order valence-electron chi connectivity index (χ4n) is 2.40. The molecular formula is C13H17ClO. The van der Waals surface area contributed by atoms with E-state index in [1.54, 1.807) is 0 Å². The van der Waals surface area contributed by atoms with Crippen molar-refractivity contribution in [2.45, 2.75) is 31.6 Å². The Hall–Kier alpha value is -0.530. The van der Waals surface area contributed by atoms with Gasteiger partial charge in [0.25, 0.3) is 0 Å². The molecule has 0 saturated heterocycles. The quantitative estimate of drug-likeness (QED) is 0.829. The van der Waals surface area contributed by atoms with Gasteiger partial charge >= 0.3 is 0 Å². The number of aliphatic hydroxyl groups excluding tert-OH is 1. The van der Waals surface area contributed by atoms with Crippen LogP contribution in [0.2, 0.25) is 5.02 Å². The molecule has 0 aromatic heterocycles. The van der Waals surface area contributed by atoms with Crippen LogP contribution in [-0.4, -0.2) is 11.7 Å². The van der Waals surface area contributed by atoms with Gasteiger partial charge in [0, 0.05) is 11.6 Å². The highest BCUT2D eigenvalue weighted by Crippen LogP contribution is 2.42. The fraction of sp³-hybridized carbons (Fsp3) is 0.538. The van der Waals surface area contributed by atoms with Crippen LogP contribution >= 0.6 is 11.6 Å². The Labute approximate surface area is 96.1 Å². The van der Waals surface area contributed by atoms with Gasteiger partial charge in [-0.05, 0) is 42.7 Å². The maximum Gasteiger partial charge on any atom is 0.0440 e. The highest BCUT2D eigenvalue weighted by Gasteiger charge is 2.28. The molecule has 2 rings (SSSR count). The van der Waals surface area contributed by atoms with Crippen molar-refractivity contribution in [3.05, 3.63) is 34.9 Å². The van der Waals surface area contributed by atoms with E-state index in [2.05, 4.69) is 6.07 Å². The van der Waals surface area contributed by atoms with E-state index in [9.17, 15) is 0 Å². The molecular weight excluding hydrogens is 208 g/mol. The highest BCUT2D eigenvalue weighted by molar-refractivity contribution is 6.31. The maximum absolute atomic E-state index is 9.11. The summed E-state index contributed by atoms with van der Waals surface area (Å²) in [5, 5.41) is 9.96. The van der Waals surface area contributed by atoms with Crippen LogP contribution in [0.1, 0.15) is 37.2 Å². The molecule has 1 saturated carbocycles. The van der Waals surface area contributed by atoms with Gasteiger partial charge < -0.3 is 5.11 Å². The van der Waals surface area contributed by atoms with Gasteiger partial charge in [-0.1, -0.05) is 36.2 Å². The summed E-state index contributed by atoms with van der Waals surface area (Å²) in [7, 11) is 0. The summed E-state index contributed by atoms with van der Waals surface area (Å²) in [4.78, 5) is 0. The molecule has 0 radical (unpaired) electrons. The molecule has 15 heavy (non-hydrogen) atoms. The van der Waals surface area contributed by atoms with Gasteiger partial charge in [-0.25, -0.2) is 0 Å². The van der Waals surface area contributed by atoms with Crippen LogP contribution < -0.4 is 0 Å². The Kier molecular flexibility index (Phi) is 3.66. The molecule has 2 heteroatoms. The highest BCUT2D eigenvalue weighted by atomic mass is 35.5. The minimum Gasteiger partial charge on any atom is -0.396 e. The number of hydrogen-bond donors (Lipinski definition) is 1. The van der Waals surface area contributed by atoms with Gasteiger partial charge in [0.15, 0.2) is 0 Å². The van der Waals surface area contributed by atoms with Crippen molar-refractivity contribution in [2.75, 3.05) is 6.61 Å². The molecule has 0 bridgehead atoms. The third-order valence-electron chi connectivity index (χ3n) is 3.46. The first-order chi connectivity index (χ1) is 7.33. The van der Waals surface area contributed by atoms with Crippen molar-refractivity contribution < 1.29 is 5.11 Å². The first-order valence-corrected chi connectivity index (χ1v) is 6.06. The van der Waals surface area contributed by atoms with Crippen LogP contribution in [0.4, 0.5) is 0 Å². The average Bonchev–Trinajstić information content (AvgIpc) is 2.15. The lowest BCUT2D eigenvalue weighted by atomic mass is 9.72. The lowest BCUT2D eigenvalue weighted by Gasteiger charge is -2.34. The normalized spacial score (nSPS) is 18.5. The van der Waals surface area contributed by atoms with Crippen molar-refractivity contribution in [1.82, 2.24) is 0 Å². The molecule has 0 amide bonds. The van der Waals surface area contributed by atoms with Crippen molar-refractivity contribution in [3.8, 4) is 0 Å². The van der Waals surface area contributed by atoms with Crippen LogP contribution in [0.25, 0.3) is 0 Å². The van der Waals surface area contributed by atoms with Gasteiger partial charge in [0.05, 0.1) is 0 Å². The van der Waals surface area contributed by atoms with Crippen molar-refractivity contribution in [2.24, 2.45) is 5.92 Å². The first kappa shape index (κ1) is 11.0. The fourth-order valence-corrected chi connectivity index (χ4v) is 2.68. The standard InChI is InChI=1S/C13H17ClO/c14-13-7-2-1-6-12(13)11(8-9-15)10-4-3-5-10/h1-2,6-7,10-11,15H,3-5,8-9H2. The maximum atomic E-state index is 9.11. The third-order valence-corrected chi connectivity index (χ3v) is 3.81. The van der Waals surface area contributed by atoms with Gasteiger partial charge in [-0.15, -0.1) is 0 Å². The molecule has 0 spiro atoms. The van der Waals surface area contributed by atoms with Crippen LogP contribution in [0.3, 0.4) is 0 Å². The van der Waals surface area contributed by atoms with Crippen LogP contribution in [-0.2, 0) is 0 Å². The molecule has 1 nitrogen and oxygen atoms in total. The van der Waals surface area contributed by atoms with Gasteiger partial charge in [-0.2, -0.15) is 0 Å². The lowest BCUT2D eigenvalue weighted by molar-refractivity contribution is 0.206. The molecule has 1 N–H and O–H groups in total. The molecule has 1 aliphatic rings. The predicted octanol–water partition coefficient (Wildman–Crippen LogP) is 3.61. The average molecular weight is 225 g/mol. The minimum absolute atomic E-state index is 0.256. The minimum atomic E-state index is 0.256. The van der Waals surface area contributed by atoms with Crippen molar-refractivity contribution in [1.29, 1.82) is 0 Å². The third kappa shape index (κ3) is 2.35.